The third-order valence-corrected chi connectivity index (χ3v) is 4.28. The second kappa shape index (κ2) is 8.40. The molecular weight excluding hydrogens is 188 g/mol. The van der Waals surface area contributed by atoms with Crippen molar-refractivity contribution in [3.8, 4) is 0 Å². The highest BCUT2D eigenvalue weighted by Gasteiger charge is 2.20. The monoisotopic (exact) mass is 214 g/mol. The maximum Gasteiger partial charge on any atom is 0.0129 e. The number of allylic oxidation sites excluding steroid dienone is 1. The van der Waals surface area contributed by atoms with Crippen molar-refractivity contribution in [2.75, 3.05) is 6.26 Å². The zero-order valence-corrected chi connectivity index (χ0v) is 11.0. The summed E-state index contributed by atoms with van der Waals surface area (Å²) in [5.41, 5.74) is 0. The lowest BCUT2D eigenvalue weighted by molar-refractivity contribution is 0.499. The second-order valence-corrected chi connectivity index (χ2v) is 5.69. The Morgan fingerprint density at radius 3 is 2.43 bits per heavy atom. The van der Waals surface area contributed by atoms with Gasteiger partial charge in [0.25, 0.3) is 0 Å². The van der Waals surface area contributed by atoms with Gasteiger partial charge in [0.2, 0.25) is 0 Å². The van der Waals surface area contributed by atoms with Gasteiger partial charge in [0.15, 0.2) is 0 Å². The fourth-order valence-electron chi connectivity index (χ4n) is 1.82. The van der Waals surface area contributed by atoms with E-state index in [0.717, 1.165) is 0 Å². The highest BCUT2D eigenvalue weighted by Crippen LogP contribution is 2.33. The van der Waals surface area contributed by atoms with E-state index in [0.29, 0.717) is 4.75 Å². The van der Waals surface area contributed by atoms with Gasteiger partial charge in [0, 0.05) is 4.75 Å². The van der Waals surface area contributed by atoms with Crippen molar-refractivity contribution in [2.24, 2.45) is 0 Å². The topological polar surface area (TPSA) is 0 Å². The van der Waals surface area contributed by atoms with Gasteiger partial charge in [0.1, 0.15) is 0 Å². The third kappa shape index (κ3) is 6.53. The van der Waals surface area contributed by atoms with E-state index in [2.05, 4.69) is 26.7 Å². The zero-order valence-electron chi connectivity index (χ0n) is 10.1. The molecule has 0 aromatic rings. The SMILES string of the molecule is C=CCCCCCC(C)(CCC)SC. The molecule has 0 aliphatic rings. The zero-order chi connectivity index (χ0) is 10.9. The van der Waals surface area contributed by atoms with E-state index in [-0.39, 0.29) is 0 Å². The first kappa shape index (κ1) is 14.1. The van der Waals surface area contributed by atoms with Crippen LogP contribution in [0.25, 0.3) is 0 Å². The average Bonchev–Trinajstić information content (AvgIpc) is 2.18. The van der Waals surface area contributed by atoms with E-state index < -0.39 is 0 Å². The molecule has 0 nitrogen and oxygen atoms in total. The molecule has 0 saturated carbocycles. The van der Waals surface area contributed by atoms with Crippen molar-refractivity contribution < 1.29 is 0 Å². The minimum atomic E-state index is 0.531. The minimum Gasteiger partial charge on any atom is -0.159 e. The normalized spacial score (nSPS) is 15.1. The average molecular weight is 214 g/mol. The van der Waals surface area contributed by atoms with Crippen LogP contribution < -0.4 is 0 Å². The van der Waals surface area contributed by atoms with Crippen LogP contribution in [0.1, 0.15) is 58.8 Å². The number of hydrogen-bond donors (Lipinski definition) is 0. The Labute approximate surface area is 94.6 Å². The fraction of sp³-hybridized carbons (Fsp3) is 0.846. The van der Waals surface area contributed by atoms with Gasteiger partial charge in [0.05, 0.1) is 0 Å². The van der Waals surface area contributed by atoms with E-state index in [9.17, 15) is 0 Å². The molecular formula is C13H26S. The molecule has 0 aliphatic carbocycles. The van der Waals surface area contributed by atoms with Gasteiger partial charge in [-0.15, -0.1) is 6.58 Å². The van der Waals surface area contributed by atoms with Crippen molar-refractivity contribution in [2.45, 2.75) is 63.5 Å². The molecule has 0 N–H and O–H groups in total. The van der Waals surface area contributed by atoms with Gasteiger partial charge in [-0.2, -0.15) is 11.8 Å². The maximum atomic E-state index is 3.75. The van der Waals surface area contributed by atoms with E-state index in [1.807, 2.05) is 17.8 Å². The van der Waals surface area contributed by atoms with Gasteiger partial charge < -0.3 is 0 Å². The largest absolute Gasteiger partial charge is 0.159 e. The van der Waals surface area contributed by atoms with E-state index >= 15 is 0 Å². The highest BCUT2D eigenvalue weighted by atomic mass is 32.2. The van der Waals surface area contributed by atoms with Gasteiger partial charge >= 0.3 is 0 Å². The van der Waals surface area contributed by atoms with Crippen molar-refractivity contribution in [3.05, 3.63) is 12.7 Å². The van der Waals surface area contributed by atoms with Crippen LogP contribution in [0.2, 0.25) is 0 Å². The Bertz CT molecular complexity index is 142. The highest BCUT2D eigenvalue weighted by molar-refractivity contribution is 7.99. The summed E-state index contributed by atoms with van der Waals surface area (Å²) in [4.78, 5) is 0. The summed E-state index contributed by atoms with van der Waals surface area (Å²) in [7, 11) is 0. The van der Waals surface area contributed by atoms with Crippen molar-refractivity contribution in [3.63, 3.8) is 0 Å². The summed E-state index contributed by atoms with van der Waals surface area (Å²) >= 11 is 2.04. The minimum absolute atomic E-state index is 0.531. The molecule has 0 aromatic carbocycles. The van der Waals surface area contributed by atoms with Crippen molar-refractivity contribution in [1.82, 2.24) is 0 Å². The Kier molecular flexibility index (Phi) is 8.46. The standard InChI is InChI=1S/C13H26S/c1-5-7-8-9-10-12-13(3,14-4)11-6-2/h5H,1,6-12H2,2-4H3. The lowest BCUT2D eigenvalue weighted by Crippen LogP contribution is -2.18. The molecule has 84 valence electrons. The summed E-state index contributed by atoms with van der Waals surface area (Å²) in [6.07, 6.45) is 13.6. The molecule has 0 radical (unpaired) electrons. The Balaban J connectivity index is 3.56. The maximum absolute atomic E-state index is 3.75. The van der Waals surface area contributed by atoms with Crippen LogP contribution in [-0.4, -0.2) is 11.0 Å². The summed E-state index contributed by atoms with van der Waals surface area (Å²) in [6, 6.07) is 0. The molecule has 0 heterocycles. The van der Waals surface area contributed by atoms with E-state index in [4.69, 9.17) is 0 Å². The summed E-state index contributed by atoms with van der Waals surface area (Å²) in [5.74, 6) is 0. The number of hydrogen-bond acceptors (Lipinski definition) is 1. The van der Waals surface area contributed by atoms with Crippen LogP contribution in [0.15, 0.2) is 12.7 Å². The van der Waals surface area contributed by atoms with Crippen molar-refractivity contribution in [1.29, 1.82) is 0 Å². The predicted octanol–water partition coefficient (Wildman–Crippen LogP) is 5.04. The van der Waals surface area contributed by atoms with Crippen LogP contribution in [-0.2, 0) is 0 Å². The lowest BCUT2D eigenvalue weighted by Gasteiger charge is -2.27. The number of thioether (sulfide) groups is 1. The smallest absolute Gasteiger partial charge is 0.0129 e. The molecule has 0 rings (SSSR count). The van der Waals surface area contributed by atoms with Crippen LogP contribution in [0.4, 0.5) is 0 Å². The van der Waals surface area contributed by atoms with Crippen LogP contribution >= 0.6 is 11.8 Å². The van der Waals surface area contributed by atoms with Crippen LogP contribution in [0.5, 0.6) is 0 Å². The molecule has 14 heavy (non-hydrogen) atoms. The Morgan fingerprint density at radius 2 is 1.93 bits per heavy atom. The fourth-order valence-corrected chi connectivity index (χ4v) is 2.58. The number of rotatable bonds is 9. The summed E-state index contributed by atoms with van der Waals surface area (Å²) in [6.45, 7) is 8.44. The van der Waals surface area contributed by atoms with Gasteiger partial charge in [-0.05, 0) is 31.9 Å². The molecule has 1 unspecified atom stereocenters. The summed E-state index contributed by atoms with van der Waals surface area (Å²) in [5, 5.41) is 0. The molecule has 0 saturated heterocycles. The van der Waals surface area contributed by atoms with E-state index in [1.165, 1.54) is 44.9 Å². The first-order valence-electron chi connectivity index (χ1n) is 5.84. The Hall–Kier alpha value is 0.0900. The summed E-state index contributed by atoms with van der Waals surface area (Å²) < 4.78 is 0.531. The van der Waals surface area contributed by atoms with Gasteiger partial charge in [-0.25, -0.2) is 0 Å². The van der Waals surface area contributed by atoms with Crippen molar-refractivity contribution >= 4 is 11.8 Å². The molecule has 0 spiro atoms. The molecule has 1 atom stereocenters. The van der Waals surface area contributed by atoms with Gasteiger partial charge in [-0.3, -0.25) is 0 Å². The van der Waals surface area contributed by atoms with Crippen LogP contribution in [0.3, 0.4) is 0 Å². The second-order valence-electron chi connectivity index (χ2n) is 4.29. The molecule has 0 bridgehead atoms. The molecule has 0 aromatic heterocycles. The van der Waals surface area contributed by atoms with Gasteiger partial charge in [-0.1, -0.05) is 39.2 Å². The number of unbranched alkanes of at least 4 members (excludes halogenated alkanes) is 3. The van der Waals surface area contributed by atoms with E-state index in [1.54, 1.807) is 0 Å². The first-order chi connectivity index (χ1) is 6.68. The molecule has 1 heteroatoms. The molecule has 0 fully saturated rings. The third-order valence-electron chi connectivity index (χ3n) is 2.89. The quantitative estimate of drug-likeness (QED) is 0.382. The Morgan fingerprint density at radius 1 is 1.21 bits per heavy atom. The molecule has 0 amide bonds. The van der Waals surface area contributed by atoms with Crippen LogP contribution in [0, 0.1) is 0 Å². The lowest BCUT2D eigenvalue weighted by atomic mass is 9.97. The predicted molar refractivity (Wildman–Crippen MR) is 70.1 cm³/mol. The molecule has 0 aliphatic heterocycles. The first-order valence-corrected chi connectivity index (χ1v) is 7.07.